The van der Waals surface area contributed by atoms with E-state index in [1.165, 1.54) is 10.6 Å². The van der Waals surface area contributed by atoms with Crippen molar-refractivity contribution < 1.29 is 9.18 Å². The number of pyridine rings is 1. The number of benzene rings is 1. The molecule has 1 aliphatic heterocycles. The van der Waals surface area contributed by atoms with Crippen LogP contribution in [0.4, 0.5) is 10.3 Å². The van der Waals surface area contributed by atoms with Gasteiger partial charge in [0.05, 0.1) is 17.7 Å². The first kappa shape index (κ1) is 19.3. The monoisotopic (exact) mass is 439 g/mol. The Hall–Kier alpha value is -4.40. The normalized spacial score (nSPS) is 15.5. The molecule has 0 amide bonds. The maximum absolute atomic E-state index is 14.4. The van der Waals surface area contributed by atoms with Gasteiger partial charge in [-0.3, -0.25) is 4.79 Å². The quantitative estimate of drug-likeness (QED) is 0.432. The molecule has 1 atom stereocenters. The molecule has 0 unspecified atom stereocenters. The fourth-order valence-corrected chi connectivity index (χ4v) is 4.28. The Morgan fingerprint density at radius 3 is 2.82 bits per heavy atom. The predicted octanol–water partition coefficient (Wildman–Crippen LogP) is 3.37. The molecule has 0 bridgehead atoms. The lowest BCUT2D eigenvalue weighted by atomic mass is 10.00. The maximum atomic E-state index is 14.4. The number of nitrogens with zero attached hydrogens (tertiary/aromatic N) is 6. The van der Waals surface area contributed by atoms with E-state index in [-0.39, 0.29) is 11.6 Å². The van der Waals surface area contributed by atoms with Crippen molar-refractivity contribution in [3.63, 3.8) is 0 Å². The second-order valence-corrected chi connectivity index (χ2v) is 7.80. The van der Waals surface area contributed by atoms with E-state index in [1.54, 1.807) is 49.1 Å². The van der Waals surface area contributed by atoms with Crippen LogP contribution in [0, 0.1) is 5.82 Å². The number of fused-ring (bicyclic) bond motifs is 2. The topological polar surface area (TPSA) is 92.1 Å². The van der Waals surface area contributed by atoms with Crippen LogP contribution in [0.1, 0.15) is 39.2 Å². The average molecular weight is 439 g/mol. The number of carbonyl (C=O) groups excluding carboxylic acids is 1. The highest BCUT2D eigenvalue weighted by atomic mass is 19.1. The summed E-state index contributed by atoms with van der Waals surface area (Å²) in [6, 6.07) is 14.9. The van der Waals surface area contributed by atoms with Crippen molar-refractivity contribution in [3.05, 3.63) is 107 Å². The summed E-state index contributed by atoms with van der Waals surface area (Å²) in [5.74, 6) is -0.136. The summed E-state index contributed by atoms with van der Waals surface area (Å²) in [6.45, 7) is 0.583. The lowest BCUT2D eigenvalue weighted by molar-refractivity contribution is 0.103. The molecular formula is C24H18FN7O. The number of carbonyl (C=O) groups is 1. The summed E-state index contributed by atoms with van der Waals surface area (Å²) < 4.78 is 15.9. The number of ketones is 1. The van der Waals surface area contributed by atoms with Gasteiger partial charge in [0, 0.05) is 36.6 Å². The molecule has 5 aromatic rings. The first-order chi connectivity index (χ1) is 16.2. The van der Waals surface area contributed by atoms with Crippen LogP contribution in [0.5, 0.6) is 0 Å². The van der Waals surface area contributed by atoms with Crippen LogP contribution in [-0.2, 0) is 6.42 Å². The molecule has 0 saturated carbocycles. The number of nitrogens with one attached hydrogen (secondary N) is 1. The van der Waals surface area contributed by atoms with Gasteiger partial charge < -0.3 is 9.88 Å². The highest BCUT2D eigenvalue weighted by Crippen LogP contribution is 2.35. The predicted molar refractivity (Wildman–Crippen MR) is 119 cm³/mol. The number of anilines is 1. The summed E-state index contributed by atoms with van der Waals surface area (Å²) in [5.41, 5.74) is 3.64. The molecule has 0 aliphatic carbocycles. The van der Waals surface area contributed by atoms with E-state index in [4.69, 9.17) is 0 Å². The van der Waals surface area contributed by atoms with Gasteiger partial charge in [0.15, 0.2) is 0 Å². The van der Waals surface area contributed by atoms with E-state index in [9.17, 15) is 9.18 Å². The summed E-state index contributed by atoms with van der Waals surface area (Å²) in [6.07, 6.45) is 5.64. The number of H-pyrrole nitrogens is 1. The second kappa shape index (κ2) is 7.63. The van der Waals surface area contributed by atoms with E-state index >= 15 is 0 Å². The van der Waals surface area contributed by atoms with Crippen LogP contribution in [0.2, 0.25) is 0 Å². The molecule has 9 heteroatoms. The number of hydrogen-bond donors (Lipinski definition) is 1. The fraction of sp³-hybridized carbons (Fsp3) is 0.125. The summed E-state index contributed by atoms with van der Waals surface area (Å²) in [7, 11) is 0. The van der Waals surface area contributed by atoms with Gasteiger partial charge in [-0.15, -0.1) is 0 Å². The van der Waals surface area contributed by atoms with Crippen molar-refractivity contribution >= 4 is 17.2 Å². The van der Waals surface area contributed by atoms with Crippen LogP contribution in [0.15, 0.2) is 73.3 Å². The minimum atomic E-state index is -0.429. The molecule has 4 aromatic heterocycles. The van der Waals surface area contributed by atoms with E-state index < -0.39 is 6.04 Å². The zero-order chi connectivity index (χ0) is 22.4. The highest BCUT2D eigenvalue weighted by molar-refractivity contribution is 6.07. The molecule has 1 N–H and O–H groups in total. The number of aromatic amines is 1. The van der Waals surface area contributed by atoms with Gasteiger partial charge in [-0.25, -0.2) is 23.9 Å². The third-order valence-electron chi connectivity index (χ3n) is 5.84. The van der Waals surface area contributed by atoms with Crippen LogP contribution < -0.4 is 4.90 Å². The van der Waals surface area contributed by atoms with Crippen molar-refractivity contribution in [3.8, 4) is 0 Å². The Morgan fingerprint density at radius 2 is 1.97 bits per heavy atom. The van der Waals surface area contributed by atoms with Gasteiger partial charge in [0.1, 0.15) is 23.1 Å². The molecule has 162 valence electrons. The Morgan fingerprint density at radius 1 is 1.09 bits per heavy atom. The third-order valence-corrected chi connectivity index (χ3v) is 5.84. The molecule has 0 spiro atoms. The van der Waals surface area contributed by atoms with Crippen LogP contribution in [0.25, 0.3) is 5.52 Å². The Balaban J connectivity index is 1.45. The van der Waals surface area contributed by atoms with E-state index in [0.717, 1.165) is 11.4 Å². The Kier molecular flexibility index (Phi) is 4.46. The van der Waals surface area contributed by atoms with E-state index in [1.807, 2.05) is 23.1 Å². The number of imidazole rings is 1. The first-order valence-electron chi connectivity index (χ1n) is 10.5. The average Bonchev–Trinajstić information content (AvgIpc) is 3.51. The highest BCUT2D eigenvalue weighted by Gasteiger charge is 2.35. The van der Waals surface area contributed by atoms with Gasteiger partial charge >= 0.3 is 0 Å². The standard InChI is InChI=1S/C24H18FN7O/c25-16-7-4-11-32-20(16)13-19(30-32)22-21-17(27-14-28-21)9-12-31(22)24-26-10-8-18(29-24)23(33)15-5-2-1-3-6-15/h1-8,10-11,13-14,22H,9,12H2,(H,27,28)/t22-/m1/s1. The molecule has 6 rings (SSSR count). The molecule has 1 aromatic carbocycles. The van der Waals surface area contributed by atoms with Crippen molar-refractivity contribution in [1.29, 1.82) is 0 Å². The lowest BCUT2D eigenvalue weighted by Crippen LogP contribution is -2.38. The van der Waals surface area contributed by atoms with E-state index in [0.29, 0.717) is 41.4 Å². The van der Waals surface area contributed by atoms with Crippen molar-refractivity contribution in [2.45, 2.75) is 12.5 Å². The zero-order valence-electron chi connectivity index (χ0n) is 17.4. The molecule has 8 nitrogen and oxygen atoms in total. The number of aromatic nitrogens is 6. The van der Waals surface area contributed by atoms with Gasteiger partial charge in [-0.05, 0) is 24.3 Å². The third kappa shape index (κ3) is 3.25. The van der Waals surface area contributed by atoms with Crippen molar-refractivity contribution in [1.82, 2.24) is 29.5 Å². The zero-order valence-corrected chi connectivity index (χ0v) is 17.4. The van der Waals surface area contributed by atoms with Gasteiger partial charge in [-0.2, -0.15) is 5.10 Å². The number of halogens is 1. The van der Waals surface area contributed by atoms with Crippen LogP contribution in [0.3, 0.4) is 0 Å². The molecule has 5 heterocycles. The molecule has 0 fully saturated rings. The fourth-order valence-electron chi connectivity index (χ4n) is 4.28. The lowest BCUT2D eigenvalue weighted by Gasteiger charge is -2.34. The summed E-state index contributed by atoms with van der Waals surface area (Å²) >= 11 is 0. The Labute approximate surface area is 187 Å². The SMILES string of the molecule is O=C(c1ccccc1)c1ccnc(N2CCc3[nH]cnc3[C@H]2c2cc3c(F)cccn3n2)n1. The summed E-state index contributed by atoms with van der Waals surface area (Å²) in [4.78, 5) is 31.7. The molecule has 33 heavy (non-hydrogen) atoms. The van der Waals surface area contributed by atoms with Gasteiger partial charge in [-0.1, -0.05) is 30.3 Å². The second-order valence-electron chi connectivity index (χ2n) is 7.80. The Bertz CT molecular complexity index is 1480. The van der Waals surface area contributed by atoms with Crippen molar-refractivity contribution in [2.75, 3.05) is 11.4 Å². The van der Waals surface area contributed by atoms with Crippen LogP contribution >= 0.6 is 0 Å². The summed E-state index contributed by atoms with van der Waals surface area (Å²) in [5, 5.41) is 4.62. The van der Waals surface area contributed by atoms with E-state index in [2.05, 4.69) is 25.0 Å². The molecule has 1 aliphatic rings. The number of rotatable bonds is 4. The molecular weight excluding hydrogens is 421 g/mol. The number of hydrogen-bond acceptors (Lipinski definition) is 6. The van der Waals surface area contributed by atoms with Crippen molar-refractivity contribution in [2.24, 2.45) is 0 Å². The maximum Gasteiger partial charge on any atom is 0.226 e. The minimum absolute atomic E-state index is 0.178. The minimum Gasteiger partial charge on any atom is -0.348 e. The molecule has 0 radical (unpaired) electrons. The van der Waals surface area contributed by atoms with Gasteiger partial charge in [0.2, 0.25) is 11.7 Å². The van der Waals surface area contributed by atoms with Crippen LogP contribution in [-0.4, -0.2) is 41.9 Å². The molecule has 0 saturated heterocycles. The largest absolute Gasteiger partial charge is 0.348 e. The van der Waals surface area contributed by atoms with Gasteiger partial charge in [0.25, 0.3) is 0 Å². The first-order valence-corrected chi connectivity index (χ1v) is 10.5. The smallest absolute Gasteiger partial charge is 0.226 e.